The Balaban J connectivity index is 1.64. The van der Waals surface area contributed by atoms with E-state index in [0.717, 1.165) is 24.0 Å². The Morgan fingerprint density at radius 2 is 1.75 bits per heavy atom. The molecule has 0 atom stereocenters. The van der Waals surface area contributed by atoms with Gasteiger partial charge in [0.25, 0.3) is 5.91 Å². The summed E-state index contributed by atoms with van der Waals surface area (Å²) in [7, 11) is 1.95. The van der Waals surface area contributed by atoms with Crippen LogP contribution in [0.25, 0.3) is 11.0 Å². The van der Waals surface area contributed by atoms with E-state index in [1.165, 1.54) is 0 Å². The molecular weight excluding hydrogens is 354 g/mol. The molecule has 0 spiro atoms. The van der Waals surface area contributed by atoms with Crippen molar-refractivity contribution in [1.82, 2.24) is 9.97 Å². The fourth-order valence-electron chi connectivity index (χ4n) is 3.24. The third kappa shape index (κ3) is 3.32. The monoisotopic (exact) mass is 373 g/mol. The fraction of sp³-hybridized carbons (Fsp3) is 0.238. The lowest BCUT2D eigenvalue weighted by atomic mass is 10.2. The summed E-state index contributed by atoms with van der Waals surface area (Å²) in [6.45, 7) is 1.14. The van der Waals surface area contributed by atoms with E-state index in [0.29, 0.717) is 29.5 Å². The first-order valence-corrected chi connectivity index (χ1v) is 9.07. The first-order chi connectivity index (χ1) is 13.7. The van der Waals surface area contributed by atoms with Crippen molar-refractivity contribution in [2.45, 2.75) is 6.42 Å². The molecule has 3 aromatic rings. The number of benzene rings is 2. The summed E-state index contributed by atoms with van der Waals surface area (Å²) in [6.07, 6.45) is 0.797. The van der Waals surface area contributed by atoms with Gasteiger partial charge < -0.3 is 9.64 Å². The number of hydrogen-bond acceptors (Lipinski definition) is 6. The molecule has 140 valence electrons. The molecule has 0 aliphatic carbocycles. The largest absolute Gasteiger partial charge is 0.482 e. The highest BCUT2D eigenvalue weighted by atomic mass is 16.5. The lowest BCUT2D eigenvalue weighted by Crippen LogP contribution is -2.36. The highest BCUT2D eigenvalue weighted by Crippen LogP contribution is 2.30. The number of fused-ring (bicyclic) bond motifs is 2. The number of rotatable bonds is 3. The summed E-state index contributed by atoms with van der Waals surface area (Å²) in [4.78, 5) is 26.0. The standard InChI is InChI=1S/C21H19N5O2/c1-25-11-6-12-26(19(27)14-28-18-10-5-2-7-15(18)13-22)21-20(25)23-16-8-3-4-9-17(16)24-21/h2-5,7-10H,6,11-12,14H2,1H3. The molecule has 2 aromatic carbocycles. The number of ether oxygens (including phenoxy) is 1. The molecule has 28 heavy (non-hydrogen) atoms. The number of carbonyl (C=O) groups is 1. The van der Waals surface area contributed by atoms with Gasteiger partial charge in [0.1, 0.15) is 11.8 Å². The number of nitrogens with zero attached hydrogens (tertiary/aromatic N) is 5. The molecule has 0 N–H and O–H groups in total. The van der Waals surface area contributed by atoms with E-state index in [9.17, 15) is 10.1 Å². The Morgan fingerprint density at radius 3 is 2.50 bits per heavy atom. The molecule has 0 saturated carbocycles. The van der Waals surface area contributed by atoms with Gasteiger partial charge >= 0.3 is 0 Å². The second kappa shape index (κ2) is 7.53. The number of nitriles is 1. The van der Waals surface area contributed by atoms with Gasteiger partial charge in [-0.15, -0.1) is 0 Å². The lowest BCUT2D eigenvalue weighted by Gasteiger charge is -2.23. The normalized spacial score (nSPS) is 13.6. The first-order valence-electron chi connectivity index (χ1n) is 9.07. The van der Waals surface area contributed by atoms with Crippen LogP contribution in [0.5, 0.6) is 5.75 Å². The first kappa shape index (κ1) is 17.7. The molecule has 2 heterocycles. The summed E-state index contributed by atoms with van der Waals surface area (Å²) >= 11 is 0. The third-order valence-electron chi connectivity index (χ3n) is 4.69. The van der Waals surface area contributed by atoms with E-state index in [1.807, 2.05) is 36.2 Å². The number of amides is 1. The van der Waals surface area contributed by atoms with E-state index >= 15 is 0 Å². The van der Waals surface area contributed by atoms with Crippen LogP contribution >= 0.6 is 0 Å². The van der Waals surface area contributed by atoms with Gasteiger partial charge in [0.15, 0.2) is 18.2 Å². The lowest BCUT2D eigenvalue weighted by molar-refractivity contribution is -0.120. The highest BCUT2D eigenvalue weighted by molar-refractivity contribution is 5.97. The summed E-state index contributed by atoms with van der Waals surface area (Å²) in [5, 5.41) is 9.18. The van der Waals surface area contributed by atoms with Gasteiger partial charge in [0.05, 0.1) is 16.6 Å². The van der Waals surface area contributed by atoms with Gasteiger partial charge in [-0.05, 0) is 30.7 Å². The average molecular weight is 373 g/mol. The van der Waals surface area contributed by atoms with Crippen molar-refractivity contribution < 1.29 is 9.53 Å². The smallest absolute Gasteiger partial charge is 0.266 e. The van der Waals surface area contributed by atoms with Crippen LogP contribution < -0.4 is 14.5 Å². The van der Waals surface area contributed by atoms with Gasteiger partial charge in [-0.3, -0.25) is 9.69 Å². The second-order valence-corrected chi connectivity index (χ2v) is 6.58. The van der Waals surface area contributed by atoms with Gasteiger partial charge in [-0.2, -0.15) is 5.26 Å². The molecule has 0 bridgehead atoms. The van der Waals surface area contributed by atoms with E-state index in [-0.39, 0.29) is 12.5 Å². The Labute approximate surface area is 162 Å². The number of aromatic nitrogens is 2. The molecule has 1 aliphatic rings. The van der Waals surface area contributed by atoms with Crippen LogP contribution in [-0.4, -0.2) is 42.6 Å². The second-order valence-electron chi connectivity index (χ2n) is 6.58. The van der Waals surface area contributed by atoms with E-state index < -0.39 is 0 Å². The minimum atomic E-state index is -0.214. The predicted molar refractivity (Wildman–Crippen MR) is 106 cm³/mol. The highest BCUT2D eigenvalue weighted by Gasteiger charge is 2.27. The van der Waals surface area contributed by atoms with Gasteiger partial charge in [-0.25, -0.2) is 9.97 Å². The Morgan fingerprint density at radius 1 is 1.07 bits per heavy atom. The van der Waals surface area contributed by atoms with Crippen LogP contribution in [-0.2, 0) is 4.79 Å². The zero-order chi connectivity index (χ0) is 19.5. The topological polar surface area (TPSA) is 82.4 Å². The fourth-order valence-corrected chi connectivity index (χ4v) is 3.24. The number of anilines is 2. The maximum Gasteiger partial charge on any atom is 0.266 e. The molecule has 0 saturated heterocycles. The van der Waals surface area contributed by atoms with Crippen molar-refractivity contribution in [3.8, 4) is 11.8 Å². The van der Waals surface area contributed by atoms with Crippen molar-refractivity contribution in [3.63, 3.8) is 0 Å². The van der Waals surface area contributed by atoms with Crippen molar-refractivity contribution in [2.24, 2.45) is 0 Å². The van der Waals surface area contributed by atoms with Crippen molar-refractivity contribution in [1.29, 1.82) is 5.26 Å². The molecule has 1 amide bonds. The van der Waals surface area contributed by atoms with Crippen molar-refractivity contribution in [3.05, 3.63) is 54.1 Å². The quantitative estimate of drug-likeness (QED) is 0.702. The Kier molecular flexibility index (Phi) is 4.77. The molecule has 7 nitrogen and oxygen atoms in total. The van der Waals surface area contributed by atoms with Crippen molar-refractivity contribution >= 4 is 28.6 Å². The van der Waals surface area contributed by atoms with Crippen LogP contribution in [0, 0.1) is 11.3 Å². The summed E-state index contributed by atoms with van der Waals surface area (Å²) in [5.74, 6) is 1.41. The maximum atomic E-state index is 13.0. The van der Waals surface area contributed by atoms with Crippen LogP contribution in [0.4, 0.5) is 11.6 Å². The van der Waals surface area contributed by atoms with Crippen LogP contribution in [0.2, 0.25) is 0 Å². The Bertz CT molecular complexity index is 1080. The molecule has 1 aromatic heterocycles. The summed E-state index contributed by atoms with van der Waals surface area (Å²) in [6, 6.07) is 16.6. The molecule has 0 unspecified atom stereocenters. The summed E-state index contributed by atoms with van der Waals surface area (Å²) in [5.41, 5.74) is 1.93. The van der Waals surface area contributed by atoms with Crippen LogP contribution in [0.3, 0.4) is 0 Å². The Hall–Kier alpha value is -3.66. The summed E-state index contributed by atoms with van der Waals surface area (Å²) < 4.78 is 5.64. The maximum absolute atomic E-state index is 13.0. The van der Waals surface area contributed by atoms with Crippen LogP contribution in [0.15, 0.2) is 48.5 Å². The van der Waals surface area contributed by atoms with Crippen LogP contribution in [0.1, 0.15) is 12.0 Å². The predicted octanol–water partition coefficient (Wildman–Crippen LogP) is 2.75. The van der Waals surface area contributed by atoms with Gasteiger partial charge in [0.2, 0.25) is 0 Å². The van der Waals surface area contributed by atoms with E-state index in [4.69, 9.17) is 14.7 Å². The molecule has 4 rings (SSSR count). The zero-order valence-corrected chi connectivity index (χ0v) is 15.5. The molecule has 0 fully saturated rings. The molecular formula is C21H19N5O2. The minimum absolute atomic E-state index is 0.170. The van der Waals surface area contributed by atoms with Crippen molar-refractivity contribution in [2.75, 3.05) is 36.5 Å². The minimum Gasteiger partial charge on any atom is -0.482 e. The van der Waals surface area contributed by atoms with Gasteiger partial charge in [0, 0.05) is 20.1 Å². The number of hydrogen-bond donors (Lipinski definition) is 0. The van der Waals surface area contributed by atoms with E-state index in [1.54, 1.807) is 29.2 Å². The number of para-hydroxylation sites is 3. The third-order valence-corrected chi connectivity index (χ3v) is 4.69. The van der Waals surface area contributed by atoms with E-state index in [2.05, 4.69) is 6.07 Å². The average Bonchev–Trinajstić information content (AvgIpc) is 2.89. The molecule has 7 heteroatoms. The molecule has 0 radical (unpaired) electrons. The SMILES string of the molecule is CN1CCCN(C(=O)COc2ccccc2C#N)c2nc3ccccc3nc21. The number of carbonyl (C=O) groups excluding carboxylic acids is 1. The molecule has 1 aliphatic heterocycles. The van der Waals surface area contributed by atoms with Gasteiger partial charge in [-0.1, -0.05) is 24.3 Å². The zero-order valence-electron chi connectivity index (χ0n) is 15.5.